The first-order valence-corrected chi connectivity index (χ1v) is 9.01. The summed E-state index contributed by atoms with van der Waals surface area (Å²) in [6.07, 6.45) is -12.2. The van der Waals surface area contributed by atoms with E-state index in [0.717, 1.165) is 19.9 Å². The van der Waals surface area contributed by atoms with Gasteiger partial charge in [-0.25, -0.2) is 13.8 Å². The Morgan fingerprint density at radius 3 is 2.27 bits per heavy atom. The molecule has 0 bridgehead atoms. The van der Waals surface area contributed by atoms with Gasteiger partial charge in [0.05, 0.1) is 5.92 Å². The number of anilines is 1. The van der Waals surface area contributed by atoms with Crippen LogP contribution in [0.25, 0.3) is 5.57 Å². The Morgan fingerprint density at radius 1 is 1.10 bits per heavy atom. The second kappa shape index (κ2) is 8.60. The van der Waals surface area contributed by atoms with Crippen molar-refractivity contribution >= 4 is 11.5 Å². The lowest BCUT2D eigenvalue weighted by atomic mass is 9.93. The van der Waals surface area contributed by atoms with Gasteiger partial charge in [0.1, 0.15) is 18.0 Å². The predicted octanol–water partition coefficient (Wildman–Crippen LogP) is 4.54. The third kappa shape index (κ3) is 6.22. The fourth-order valence-electron chi connectivity index (χ4n) is 2.56. The summed E-state index contributed by atoms with van der Waals surface area (Å²) in [5, 5.41) is 11.5. The number of hydrogen-bond donors (Lipinski definition) is 2. The Labute approximate surface area is 166 Å². The number of aromatic nitrogens is 3. The van der Waals surface area contributed by atoms with Gasteiger partial charge in [-0.1, -0.05) is 6.92 Å². The Kier molecular flexibility index (Phi) is 6.94. The fourth-order valence-corrected chi connectivity index (χ4v) is 2.56. The molecule has 2 rings (SSSR count). The molecule has 5 nitrogen and oxygen atoms in total. The summed E-state index contributed by atoms with van der Waals surface area (Å²) in [4.78, 5) is 11.5. The SMILES string of the molecule is C[C@@H](CCc1nc(N[C@H](C)C(F)(F)F)nc(C2=C[C@@H](O)C(F)(F)CC2)n1)C(F)(F)F. The summed E-state index contributed by atoms with van der Waals surface area (Å²) in [6.45, 7) is 1.73. The second-order valence-electron chi connectivity index (χ2n) is 7.19. The van der Waals surface area contributed by atoms with E-state index in [-0.39, 0.29) is 30.1 Å². The molecule has 170 valence electrons. The van der Waals surface area contributed by atoms with Crippen molar-refractivity contribution in [3.63, 3.8) is 0 Å². The molecule has 1 aliphatic carbocycles. The van der Waals surface area contributed by atoms with E-state index in [0.29, 0.717) is 0 Å². The molecule has 0 amide bonds. The van der Waals surface area contributed by atoms with E-state index in [1.807, 2.05) is 5.32 Å². The van der Waals surface area contributed by atoms with Crippen LogP contribution in [0.3, 0.4) is 0 Å². The van der Waals surface area contributed by atoms with Crippen LogP contribution >= 0.6 is 0 Å². The Hall–Kier alpha value is -2.05. The smallest absolute Gasteiger partial charge is 0.383 e. The van der Waals surface area contributed by atoms with Gasteiger partial charge in [-0.05, 0) is 31.4 Å². The van der Waals surface area contributed by atoms with Crippen LogP contribution in [-0.2, 0) is 6.42 Å². The topological polar surface area (TPSA) is 70.9 Å². The van der Waals surface area contributed by atoms with Crippen LogP contribution in [0.1, 0.15) is 44.8 Å². The number of aliphatic hydroxyl groups excluding tert-OH is 1. The average molecular weight is 448 g/mol. The van der Waals surface area contributed by atoms with Crippen LogP contribution in [0.2, 0.25) is 0 Å². The maximum Gasteiger partial charge on any atom is 0.408 e. The highest BCUT2D eigenvalue weighted by molar-refractivity contribution is 5.62. The Bertz CT molecular complexity index is 778. The van der Waals surface area contributed by atoms with Crippen molar-refractivity contribution in [3.8, 4) is 0 Å². The van der Waals surface area contributed by atoms with Crippen molar-refractivity contribution < 1.29 is 40.2 Å². The Balaban J connectivity index is 2.35. The van der Waals surface area contributed by atoms with E-state index in [2.05, 4.69) is 15.0 Å². The van der Waals surface area contributed by atoms with Gasteiger partial charge in [0.2, 0.25) is 5.95 Å². The second-order valence-corrected chi connectivity index (χ2v) is 7.19. The molecular weight excluding hydrogens is 428 g/mol. The normalized spacial score (nSPS) is 21.7. The Morgan fingerprint density at radius 2 is 1.73 bits per heavy atom. The van der Waals surface area contributed by atoms with Crippen LogP contribution < -0.4 is 5.32 Å². The lowest BCUT2D eigenvalue weighted by molar-refractivity contribution is -0.171. The molecule has 30 heavy (non-hydrogen) atoms. The third-order valence-electron chi connectivity index (χ3n) is 4.68. The molecule has 1 aromatic heterocycles. The molecule has 0 radical (unpaired) electrons. The first-order chi connectivity index (χ1) is 13.6. The maximum absolute atomic E-state index is 13.5. The molecule has 0 unspecified atom stereocenters. The van der Waals surface area contributed by atoms with Gasteiger partial charge in [0, 0.05) is 12.8 Å². The summed E-state index contributed by atoms with van der Waals surface area (Å²) in [6, 6.07) is -2.08. The zero-order valence-electron chi connectivity index (χ0n) is 16.0. The van der Waals surface area contributed by atoms with Crippen LogP contribution in [0.5, 0.6) is 0 Å². The number of alkyl halides is 8. The molecule has 1 aliphatic rings. The van der Waals surface area contributed by atoms with Crippen LogP contribution in [0.4, 0.5) is 41.1 Å². The molecular formula is C17H20F8N4O. The van der Waals surface area contributed by atoms with E-state index < -0.39 is 55.1 Å². The molecule has 2 N–H and O–H groups in total. The molecule has 0 saturated carbocycles. The van der Waals surface area contributed by atoms with Gasteiger partial charge in [-0.2, -0.15) is 36.3 Å². The van der Waals surface area contributed by atoms with E-state index in [9.17, 15) is 40.2 Å². The standard InChI is InChI=1S/C17H20F8N4O/c1-8(16(20,21)22)3-4-12-27-13(10-5-6-15(18,19)11(30)7-10)29-14(28-12)26-9(2)17(23,24)25/h7-9,11,30H,3-6H2,1-2H3,(H,26,27,28,29)/t8-,9+,11+/m0/s1. The number of aliphatic hydroxyl groups is 1. The van der Waals surface area contributed by atoms with Crippen LogP contribution in [0.15, 0.2) is 6.08 Å². The monoisotopic (exact) mass is 448 g/mol. The van der Waals surface area contributed by atoms with E-state index in [1.54, 1.807) is 0 Å². The number of nitrogens with zero attached hydrogens (tertiary/aromatic N) is 3. The highest BCUT2D eigenvalue weighted by atomic mass is 19.4. The van der Waals surface area contributed by atoms with Gasteiger partial charge in [0.25, 0.3) is 5.92 Å². The predicted molar refractivity (Wildman–Crippen MR) is 90.7 cm³/mol. The number of nitrogens with one attached hydrogen (secondary N) is 1. The quantitative estimate of drug-likeness (QED) is 0.626. The van der Waals surface area contributed by atoms with Crippen molar-refractivity contribution in [2.45, 2.75) is 70.0 Å². The zero-order valence-corrected chi connectivity index (χ0v) is 16.0. The minimum absolute atomic E-state index is 0.0451. The van der Waals surface area contributed by atoms with Gasteiger partial charge in [-0.15, -0.1) is 0 Å². The fraction of sp³-hybridized carbons (Fsp3) is 0.706. The van der Waals surface area contributed by atoms with Crippen molar-refractivity contribution in [2.24, 2.45) is 5.92 Å². The van der Waals surface area contributed by atoms with E-state index in [1.165, 1.54) is 0 Å². The molecule has 1 heterocycles. The zero-order chi connectivity index (χ0) is 22.9. The molecule has 0 saturated heterocycles. The van der Waals surface area contributed by atoms with Crippen LogP contribution in [0, 0.1) is 5.92 Å². The summed E-state index contributed by atoms with van der Waals surface area (Å²) in [7, 11) is 0. The number of aryl methyl sites for hydroxylation is 1. The molecule has 3 atom stereocenters. The number of allylic oxidation sites excluding steroid dienone is 1. The van der Waals surface area contributed by atoms with Gasteiger partial charge in [-0.3, -0.25) is 0 Å². The van der Waals surface area contributed by atoms with Crippen LogP contribution in [-0.4, -0.2) is 50.5 Å². The molecule has 0 fully saturated rings. The molecule has 0 aliphatic heterocycles. The summed E-state index contributed by atoms with van der Waals surface area (Å²) >= 11 is 0. The average Bonchev–Trinajstić information content (AvgIpc) is 2.60. The molecule has 0 aromatic carbocycles. The molecule has 1 aromatic rings. The first kappa shape index (κ1) is 24.2. The highest BCUT2D eigenvalue weighted by Gasteiger charge is 2.41. The van der Waals surface area contributed by atoms with Gasteiger partial charge in [0.15, 0.2) is 5.82 Å². The van der Waals surface area contributed by atoms with Crippen molar-refractivity contribution in [1.29, 1.82) is 0 Å². The lowest BCUT2D eigenvalue weighted by Crippen LogP contribution is -2.35. The number of rotatable bonds is 6. The van der Waals surface area contributed by atoms with Crippen molar-refractivity contribution in [2.75, 3.05) is 5.32 Å². The summed E-state index contributed by atoms with van der Waals surface area (Å²) in [5.74, 6) is -6.13. The number of hydrogen-bond acceptors (Lipinski definition) is 5. The molecule has 13 heteroatoms. The van der Waals surface area contributed by atoms with Crippen molar-refractivity contribution in [1.82, 2.24) is 15.0 Å². The van der Waals surface area contributed by atoms with Crippen molar-refractivity contribution in [3.05, 3.63) is 17.7 Å². The summed E-state index contributed by atoms with van der Waals surface area (Å²) in [5.41, 5.74) is 0.0451. The van der Waals surface area contributed by atoms with Gasteiger partial charge < -0.3 is 10.4 Å². The third-order valence-corrected chi connectivity index (χ3v) is 4.68. The maximum atomic E-state index is 13.5. The lowest BCUT2D eigenvalue weighted by Gasteiger charge is -2.26. The van der Waals surface area contributed by atoms with E-state index in [4.69, 9.17) is 0 Å². The minimum atomic E-state index is -4.65. The number of halogens is 8. The largest absolute Gasteiger partial charge is 0.408 e. The van der Waals surface area contributed by atoms with E-state index >= 15 is 0 Å². The van der Waals surface area contributed by atoms with Gasteiger partial charge >= 0.3 is 12.4 Å². The molecule has 0 spiro atoms. The minimum Gasteiger partial charge on any atom is -0.383 e. The highest BCUT2D eigenvalue weighted by Crippen LogP contribution is 2.36. The summed E-state index contributed by atoms with van der Waals surface area (Å²) < 4.78 is 104. The first-order valence-electron chi connectivity index (χ1n) is 9.01.